The van der Waals surface area contributed by atoms with E-state index in [0.717, 1.165) is 23.1 Å². The van der Waals surface area contributed by atoms with Crippen molar-refractivity contribution in [2.24, 2.45) is 0 Å². The number of anilines is 1. The van der Waals surface area contributed by atoms with Crippen LogP contribution in [0.4, 0.5) is 18.9 Å². The van der Waals surface area contributed by atoms with Gasteiger partial charge in [0.25, 0.3) is 11.8 Å². The zero-order chi connectivity index (χ0) is 25.2. The number of ether oxygens (including phenoxy) is 2. The molecule has 1 aliphatic rings. The smallest absolute Gasteiger partial charge is 0.416 e. The molecule has 34 heavy (non-hydrogen) atoms. The van der Waals surface area contributed by atoms with Gasteiger partial charge in [-0.2, -0.15) is 13.2 Å². The van der Waals surface area contributed by atoms with Crippen LogP contribution >= 0.6 is 28.1 Å². The van der Waals surface area contributed by atoms with Gasteiger partial charge in [-0.3, -0.25) is 19.8 Å². The summed E-state index contributed by atoms with van der Waals surface area (Å²) in [6.07, 6.45) is -3.43. The summed E-state index contributed by atoms with van der Waals surface area (Å²) in [5.41, 5.74) is -0.943. The van der Waals surface area contributed by atoms with Crippen molar-refractivity contribution in [1.82, 2.24) is 5.32 Å². The van der Waals surface area contributed by atoms with E-state index >= 15 is 0 Å². The topological polar surface area (TPSA) is 67.9 Å². The average Bonchev–Trinajstić information content (AvgIpc) is 2.73. The van der Waals surface area contributed by atoms with Crippen LogP contribution in [0.3, 0.4) is 0 Å². The van der Waals surface area contributed by atoms with E-state index in [1.165, 1.54) is 12.1 Å². The Morgan fingerprint density at radius 3 is 2.53 bits per heavy atom. The van der Waals surface area contributed by atoms with Crippen LogP contribution in [-0.4, -0.2) is 29.6 Å². The normalized spacial score (nSPS) is 15.7. The molecule has 11 heteroatoms. The molecule has 0 aromatic heterocycles. The predicted molar refractivity (Wildman–Crippen MR) is 129 cm³/mol. The first-order chi connectivity index (χ1) is 15.9. The summed E-state index contributed by atoms with van der Waals surface area (Å²) in [6, 6.07) is 7.37. The number of hydrogen-bond acceptors (Lipinski definition) is 5. The van der Waals surface area contributed by atoms with Crippen molar-refractivity contribution in [2.45, 2.75) is 33.1 Å². The number of rotatable bonds is 6. The lowest BCUT2D eigenvalue weighted by Gasteiger charge is -2.29. The fourth-order valence-corrected chi connectivity index (χ4v) is 4.00. The molecule has 2 aromatic rings. The monoisotopic (exact) mass is 556 g/mol. The van der Waals surface area contributed by atoms with Gasteiger partial charge in [0.1, 0.15) is 5.57 Å². The average molecular weight is 557 g/mol. The van der Waals surface area contributed by atoms with E-state index in [2.05, 4.69) is 21.2 Å². The number of thiocarbonyl (C=S) groups is 1. The minimum atomic E-state index is -4.61. The van der Waals surface area contributed by atoms with Gasteiger partial charge in [0.15, 0.2) is 16.6 Å². The van der Waals surface area contributed by atoms with Crippen LogP contribution in [0.5, 0.6) is 11.5 Å². The second-order valence-corrected chi connectivity index (χ2v) is 8.68. The number of alkyl halides is 3. The van der Waals surface area contributed by atoms with E-state index in [0.29, 0.717) is 28.1 Å². The first-order valence-electron chi connectivity index (χ1n) is 10.1. The van der Waals surface area contributed by atoms with Crippen molar-refractivity contribution in [1.29, 1.82) is 0 Å². The summed E-state index contributed by atoms with van der Waals surface area (Å²) < 4.78 is 51.5. The molecule has 6 nitrogen and oxygen atoms in total. The minimum Gasteiger partial charge on any atom is -0.490 e. The number of carbonyl (C=O) groups is 2. The SMILES string of the molecule is CCOc1cc(/C=C2\C(=O)NC(=S)N(c3cccc(C(F)(F)F)c3)C2=O)cc(Br)c1OC(C)C. The van der Waals surface area contributed by atoms with Gasteiger partial charge < -0.3 is 9.47 Å². The number of carbonyl (C=O) groups excluding carboxylic acids is 2. The van der Waals surface area contributed by atoms with Gasteiger partial charge in [-0.05, 0) is 90.9 Å². The lowest BCUT2D eigenvalue weighted by Crippen LogP contribution is -2.54. The number of halogens is 4. The minimum absolute atomic E-state index is 0.118. The first-order valence-corrected chi connectivity index (χ1v) is 11.3. The van der Waals surface area contributed by atoms with E-state index in [1.54, 1.807) is 19.1 Å². The molecule has 0 atom stereocenters. The Bertz CT molecular complexity index is 1180. The highest BCUT2D eigenvalue weighted by Crippen LogP contribution is 2.38. The lowest BCUT2D eigenvalue weighted by molar-refractivity contribution is -0.137. The highest BCUT2D eigenvalue weighted by Gasteiger charge is 2.36. The van der Waals surface area contributed by atoms with E-state index in [4.69, 9.17) is 21.7 Å². The quantitative estimate of drug-likeness (QED) is 0.289. The van der Waals surface area contributed by atoms with Crippen LogP contribution in [0.1, 0.15) is 31.9 Å². The molecular formula is C23H20BrF3N2O4S. The molecule has 3 rings (SSSR count). The highest BCUT2D eigenvalue weighted by molar-refractivity contribution is 9.10. The van der Waals surface area contributed by atoms with Gasteiger partial charge in [0.2, 0.25) is 0 Å². The van der Waals surface area contributed by atoms with Crippen molar-refractivity contribution in [2.75, 3.05) is 11.5 Å². The Morgan fingerprint density at radius 1 is 1.21 bits per heavy atom. The second-order valence-electron chi connectivity index (χ2n) is 7.44. The van der Waals surface area contributed by atoms with Gasteiger partial charge in [0, 0.05) is 0 Å². The van der Waals surface area contributed by atoms with E-state index in [-0.39, 0.29) is 22.5 Å². The number of benzene rings is 2. The Hall–Kier alpha value is -2.92. The summed E-state index contributed by atoms with van der Waals surface area (Å²) in [7, 11) is 0. The molecule has 2 aromatic carbocycles. The maximum Gasteiger partial charge on any atom is 0.416 e. The number of nitrogens with one attached hydrogen (secondary N) is 1. The molecule has 0 aliphatic carbocycles. The largest absolute Gasteiger partial charge is 0.490 e. The molecule has 0 bridgehead atoms. The molecule has 1 N–H and O–H groups in total. The first kappa shape index (κ1) is 25.7. The zero-order valence-corrected chi connectivity index (χ0v) is 20.7. The van der Waals surface area contributed by atoms with Crippen molar-refractivity contribution in [3.8, 4) is 11.5 Å². The molecule has 1 aliphatic heterocycles. The van der Waals surface area contributed by atoms with Crippen molar-refractivity contribution >= 4 is 56.8 Å². The number of amides is 2. The summed E-state index contributed by atoms with van der Waals surface area (Å²) in [5, 5.41) is 2.04. The molecule has 1 saturated heterocycles. The molecule has 0 unspecified atom stereocenters. The summed E-state index contributed by atoms with van der Waals surface area (Å²) >= 11 is 8.49. The van der Waals surface area contributed by atoms with Crippen molar-refractivity contribution in [3.63, 3.8) is 0 Å². The summed E-state index contributed by atoms with van der Waals surface area (Å²) in [4.78, 5) is 26.6. The molecule has 1 heterocycles. The summed E-state index contributed by atoms with van der Waals surface area (Å²) in [6.45, 7) is 5.85. The Kier molecular flexibility index (Phi) is 7.67. The van der Waals surface area contributed by atoms with Crippen LogP contribution in [0, 0.1) is 0 Å². The molecule has 180 valence electrons. The lowest BCUT2D eigenvalue weighted by atomic mass is 10.1. The van der Waals surface area contributed by atoms with Crippen LogP contribution in [0.25, 0.3) is 6.08 Å². The Morgan fingerprint density at radius 2 is 1.91 bits per heavy atom. The standard InChI is InChI=1S/C23H20BrF3N2O4S/c1-4-32-18-10-13(9-17(24)19(18)33-12(2)3)8-16-20(30)28-22(34)29(21(16)31)15-7-5-6-14(11-15)23(25,26)27/h5-12H,4H2,1-3H3,(H,28,30,34)/b16-8+. The fraction of sp³-hybridized carbons (Fsp3) is 0.261. The molecule has 0 saturated carbocycles. The highest BCUT2D eigenvalue weighted by atomic mass is 79.9. The van der Waals surface area contributed by atoms with Gasteiger partial charge in [0.05, 0.1) is 28.4 Å². The third-order valence-electron chi connectivity index (χ3n) is 4.53. The maximum atomic E-state index is 13.2. The van der Waals surface area contributed by atoms with E-state index < -0.39 is 23.6 Å². The Balaban J connectivity index is 2.05. The molecule has 2 amide bonds. The van der Waals surface area contributed by atoms with Crippen LogP contribution in [-0.2, 0) is 15.8 Å². The molecular weight excluding hydrogens is 537 g/mol. The third kappa shape index (κ3) is 5.58. The fourth-order valence-electron chi connectivity index (χ4n) is 3.16. The zero-order valence-electron chi connectivity index (χ0n) is 18.3. The molecule has 1 fully saturated rings. The maximum absolute atomic E-state index is 13.2. The van der Waals surface area contributed by atoms with Gasteiger partial charge in [-0.15, -0.1) is 0 Å². The molecule has 0 spiro atoms. The summed E-state index contributed by atoms with van der Waals surface area (Å²) in [5.74, 6) is -0.768. The van der Waals surface area contributed by atoms with Crippen LogP contribution < -0.4 is 19.7 Å². The molecule has 0 radical (unpaired) electrons. The van der Waals surface area contributed by atoms with Gasteiger partial charge in [-0.1, -0.05) is 6.07 Å². The van der Waals surface area contributed by atoms with Crippen molar-refractivity contribution in [3.05, 3.63) is 57.6 Å². The predicted octanol–water partition coefficient (Wildman–Crippen LogP) is 5.49. The second kappa shape index (κ2) is 10.1. The van der Waals surface area contributed by atoms with Crippen LogP contribution in [0.15, 0.2) is 46.4 Å². The van der Waals surface area contributed by atoms with E-state index in [1.807, 2.05) is 13.8 Å². The van der Waals surface area contributed by atoms with Crippen LogP contribution in [0.2, 0.25) is 0 Å². The number of hydrogen-bond donors (Lipinski definition) is 1. The van der Waals surface area contributed by atoms with Gasteiger partial charge >= 0.3 is 6.18 Å². The van der Waals surface area contributed by atoms with Gasteiger partial charge in [-0.25, -0.2) is 0 Å². The Labute approximate surface area is 207 Å². The third-order valence-corrected chi connectivity index (χ3v) is 5.40. The van der Waals surface area contributed by atoms with Crippen molar-refractivity contribution < 1.29 is 32.2 Å². The van der Waals surface area contributed by atoms with E-state index in [9.17, 15) is 22.8 Å². The number of nitrogens with zero attached hydrogens (tertiary/aromatic N) is 1.